The largest absolute Gasteiger partial charge is 0.460 e. The van der Waals surface area contributed by atoms with Crippen molar-refractivity contribution >= 4 is 11.9 Å². The molecule has 0 aromatic heterocycles. The molecule has 80 valence electrons. The van der Waals surface area contributed by atoms with Crippen LogP contribution in [0.4, 0.5) is 0 Å². The van der Waals surface area contributed by atoms with Gasteiger partial charge < -0.3 is 9.64 Å². The fourth-order valence-electron chi connectivity index (χ4n) is 1.56. The van der Waals surface area contributed by atoms with Crippen molar-refractivity contribution in [3.63, 3.8) is 0 Å². The van der Waals surface area contributed by atoms with Crippen LogP contribution in [0.1, 0.15) is 33.1 Å². The molecule has 1 aliphatic heterocycles. The molecule has 1 fully saturated rings. The third kappa shape index (κ3) is 3.01. The summed E-state index contributed by atoms with van der Waals surface area (Å²) in [6.07, 6.45) is 1.96. The van der Waals surface area contributed by atoms with Crippen molar-refractivity contribution in [3.8, 4) is 0 Å². The molecule has 1 saturated heterocycles. The molecule has 1 aliphatic rings. The highest BCUT2D eigenvalue weighted by atomic mass is 16.5. The van der Waals surface area contributed by atoms with Crippen LogP contribution in [0.5, 0.6) is 0 Å². The fourth-order valence-corrected chi connectivity index (χ4v) is 1.56. The maximum absolute atomic E-state index is 11.1. The molecule has 14 heavy (non-hydrogen) atoms. The molecule has 1 amide bonds. The molecule has 0 aromatic carbocycles. The van der Waals surface area contributed by atoms with E-state index in [1.807, 2.05) is 6.92 Å². The van der Waals surface area contributed by atoms with Crippen molar-refractivity contribution in [1.29, 1.82) is 0 Å². The Hall–Kier alpha value is -1.06. The fraction of sp³-hybridized carbons (Fsp3) is 0.800. The van der Waals surface area contributed by atoms with E-state index >= 15 is 0 Å². The van der Waals surface area contributed by atoms with E-state index < -0.39 is 0 Å². The molecule has 0 aromatic rings. The normalized spacial score (nSPS) is 21.0. The highest BCUT2D eigenvalue weighted by molar-refractivity contribution is 5.74. The molecular formula is C10H17NO3. The molecule has 4 heteroatoms. The van der Waals surface area contributed by atoms with Gasteiger partial charge in [0.15, 0.2) is 0 Å². The van der Waals surface area contributed by atoms with E-state index in [-0.39, 0.29) is 18.0 Å². The van der Waals surface area contributed by atoms with E-state index in [9.17, 15) is 9.59 Å². The van der Waals surface area contributed by atoms with E-state index in [1.165, 1.54) is 6.92 Å². The van der Waals surface area contributed by atoms with E-state index in [4.69, 9.17) is 4.74 Å². The van der Waals surface area contributed by atoms with Gasteiger partial charge in [-0.2, -0.15) is 0 Å². The average Bonchev–Trinajstić information content (AvgIpc) is 2.53. The third-order valence-corrected chi connectivity index (χ3v) is 2.34. The number of carbonyl (C=O) groups excluding carboxylic acids is 2. The second kappa shape index (κ2) is 4.98. The molecule has 1 heterocycles. The monoisotopic (exact) mass is 199 g/mol. The number of ether oxygens (including phenoxy) is 1. The molecule has 0 saturated carbocycles. The van der Waals surface area contributed by atoms with E-state index in [0.717, 1.165) is 12.8 Å². The highest BCUT2D eigenvalue weighted by Gasteiger charge is 2.26. The number of esters is 1. The van der Waals surface area contributed by atoms with Gasteiger partial charge in [-0.3, -0.25) is 9.59 Å². The van der Waals surface area contributed by atoms with Gasteiger partial charge in [0.25, 0.3) is 0 Å². The van der Waals surface area contributed by atoms with Crippen molar-refractivity contribution in [1.82, 2.24) is 4.90 Å². The first kappa shape index (κ1) is 11.0. The topological polar surface area (TPSA) is 46.6 Å². The predicted octanol–water partition coefficient (Wildman–Crippen LogP) is 0.950. The van der Waals surface area contributed by atoms with Crippen LogP contribution in [-0.4, -0.2) is 36.0 Å². The highest BCUT2D eigenvalue weighted by Crippen LogP contribution is 2.13. The molecule has 0 bridgehead atoms. The summed E-state index contributed by atoms with van der Waals surface area (Å²) in [5.41, 5.74) is 0. The number of likely N-dealkylation sites (tertiary alicyclic amines) is 1. The molecule has 0 aliphatic carbocycles. The van der Waals surface area contributed by atoms with Gasteiger partial charge in [-0.05, 0) is 6.42 Å². The molecule has 0 spiro atoms. The molecule has 4 nitrogen and oxygen atoms in total. The summed E-state index contributed by atoms with van der Waals surface area (Å²) < 4.78 is 5.20. The standard InChI is InChI=1S/C10H17NO3/c1-3-4-10(13)14-9-5-6-11(7-9)8(2)12/h9H,3-7H2,1-2H3/t9-/m1/s1. The van der Waals surface area contributed by atoms with Crippen LogP contribution in [0.15, 0.2) is 0 Å². The third-order valence-electron chi connectivity index (χ3n) is 2.34. The van der Waals surface area contributed by atoms with Gasteiger partial charge in [0.05, 0.1) is 6.54 Å². The number of hydrogen-bond acceptors (Lipinski definition) is 3. The Kier molecular flexibility index (Phi) is 3.92. The minimum atomic E-state index is -0.150. The summed E-state index contributed by atoms with van der Waals surface area (Å²) in [7, 11) is 0. The summed E-state index contributed by atoms with van der Waals surface area (Å²) in [6, 6.07) is 0. The van der Waals surface area contributed by atoms with E-state index in [0.29, 0.717) is 19.5 Å². The number of nitrogens with zero attached hydrogens (tertiary/aromatic N) is 1. The smallest absolute Gasteiger partial charge is 0.306 e. The van der Waals surface area contributed by atoms with Crippen LogP contribution >= 0.6 is 0 Å². The van der Waals surface area contributed by atoms with Crippen molar-refractivity contribution in [2.75, 3.05) is 13.1 Å². The first-order chi connectivity index (χ1) is 6.63. The van der Waals surface area contributed by atoms with Gasteiger partial charge >= 0.3 is 5.97 Å². The summed E-state index contributed by atoms with van der Waals surface area (Å²) >= 11 is 0. The summed E-state index contributed by atoms with van der Waals surface area (Å²) in [5.74, 6) is -0.0954. The SMILES string of the molecule is CCCC(=O)O[C@@H]1CCN(C(C)=O)C1. The lowest BCUT2D eigenvalue weighted by atomic mass is 10.3. The van der Waals surface area contributed by atoms with Gasteiger partial charge in [0.2, 0.25) is 5.91 Å². The number of amides is 1. The summed E-state index contributed by atoms with van der Waals surface area (Å²) in [5, 5.41) is 0. The van der Waals surface area contributed by atoms with Crippen LogP contribution in [0.2, 0.25) is 0 Å². The maximum atomic E-state index is 11.1. The van der Waals surface area contributed by atoms with Crippen LogP contribution in [0.3, 0.4) is 0 Å². The van der Waals surface area contributed by atoms with Crippen molar-refractivity contribution < 1.29 is 14.3 Å². The van der Waals surface area contributed by atoms with Gasteiger partial charge in [-0.1, -0.05) is 6.92 Å². The predicted molar refractivity (Wildman–Crippen MR) is 51.7 cm³/mol. The summed E-state index contributed by atoms with van der Waals surface area (Å²) in [4.78, 5) is 23.9. The van der Waals surface area contributed by atoms with Crippen LogP contribution in [-0.2, 0) is 14.3 Å². The number of rotatable bonds is 3. The zero-order valence-corrected chi connectivity index (χ0v) is 8.78. The maximum Gasteiger partial charge on any atom is 0.306 e. The Morgan fingerprint density at radius 3 is 2.71 bits per heavy atom. The number of hydrogen-bond donors (Lipinski definition) is 0. The minimum Gasteiger partial charge on any atom is -0.460 e. The quantitative estimate of drug-likeness (QED) is 0.636. The van der Waals surface area contributed by atoms with Crippen LogP contribution in [0.25, 0.3) is 0 Å². The molecule has 0 N–H and O–H groups in total. The first-order valence-electron chi connectivity index (χ1n) is 5.08. The zero-order valence-electron chi connectivity index (χ0n) is 8.78. The molecule has 1 atom stereocenters. The minimum absolute atomic E-state index is 0.0547. The molecule has 0 radical (unpaired) electrons. The van der Waals surface area contributed by atoms with Crippen molar-refractivity contribution in [2.45, 2.75) is 39.2 Å². The Morgan fingerprint density at radius 1 is 1.50 bits per heavy atom. The lowest BCUT2D eigenvalue weighted by molar-refractivity contribution is -0.149. The summed E-state index contributed by atoms with van der Waals surface area (Å²) in [6.45, 7) is 4.75. The molecule has 1 rings (SSSR count). The Morgan fingerprint density at radius 2 is 2.21 bits per heavy atom. The van der Waals surface area contributed by atoms with Gasteiger partial charge in [0.1, 0.15) is 6.10 Å². The van der Waals surface area contributed by atoms with E-state index in [1.54, 1.807) is 4.90 Å². The number of carbonyl (C=O) groups is 2. The molecule has 0 unspecified atom stereocenters. The average molecular weight is 199 g/mol. The Balaban J connectivity index is 2.28. The Bertz CT molecular complexity index is 227. The van der Waals surface area contributed by atoms with Gasteiger partial charge in [-0.25, -0.2) is 0 Å². The zero-order chi connectivity index (χ0) is 10.6. The van der Waals surface area contributed by atoms with Gasteiger partial charge in [-0.15, -0.1) is 0 Å². The second-order valence-corrected chi connectivity index (χ2v) is 3.62. The van der Waals surface area contributed by atoms with Crippen LogP contribution in [0, 0.1) is 0 Å². The van der Waals surface area contributed by atoms with Crippen molar-refractivity contribution in [2.24, 2.45) is 0 Å². The molecular weight excluding hydrogens is 182 g/mol. The second-order valence-electron chi connectivity index (χ2n) is 3.62. The first-order valence-corrected chi connectivity index (χ1v) is 5.08. The van der Waals surface area contributed by atoms with Gasteiger partial charge in [0, 0.05) is 26.3 Å². The van der Waals surface area contributed by atoms with E-state index in [2.05, 4.69) is 0 Å². The lowest BCUT2D eigenvalue weighted by Crippen LogP contribution is -2.28. The lowest BCUT2D eigenvalue weighted by Gasteiger charge is -2.14. The van der Waals surface area contributed by atoms with Crippen molar-refractivity contribution in [3.05, 3.63) is 0 Å². The van der Waals surface area contributed by atoms with Crippen LogP contribution < -0.4 is 0 Å². The Labute approximate surface area is 84.2 Å².